The molecule has 1 aromatic heterocycles. The minimum absolute atomic E-state index is 0.0355. The van der Waals surface area contributed by atoms with Crippen molar-refractivity contribution in [1.29, 1.82) is 0 Å². The van der Waals surface area contributed by atoms with Crippen LogP contribution in [0.3, 0.4) is 0 Å². The second-order valence-corrected chi connectivity index (χ2v) is 7.71. The number of carbonyl (C=O) groups is 1. The lowest BCUT2D eigenvalue weighted by atomic mass is 9.71. The molecule has 1 saturated heterocycles. The van der Waals surface area contributed by atoms with Gasteiger partial charge in [0.2, 0.25) is 0 Å². The highest BCUT2D eigenvalue weighted by atomic mass is 35.5. The van der Waals surface area contributed by atoms with Crippen LogP contribution in [0, 0.1) is 5.92 Å². The zero-order chi connectivity index (χ0) is 17.4. The van der Waals surface area contributed by atoms with Crippen molar-refractivity contribution in [3.63, 3.8) is 0 Å². The van der Waals surface area contributed by atoms with Gasteiger partial charge in [0.15, 0.2) is 0 Å². The van der Waals surface area contributed by atoms with Crippen molar-refractivity contribution in [2.75, 3.05) is 13.1 Å². The first-order valence-corrected chi connectivity index (χ1v) is 9.39. The molecule has 1 amide bonds. The van der Waals surface area contributed by atoms with Crippen LogP contribution in [0.15, 0.2) is 42.7 Å². The van der Waals surface area contributed by atoms with Gasteiger partial charge < -0.3 is 14.6 Å². The molecule has 1 N–H and O–H groups in total. The fourth-order valence-corrected chi connectivity index (χ4v) is 4.47. The van der Waals surface area contributed by atoms with Crippen LogP contribution >= 0.6 is 11.6 Å². The molecule has 1 saturated carbocycles. The molecule has 1 aromatic carbocycles. The molecule has 25 heavy (non-hydrogen) atoms. The highest BCUT2D eigenvalue weighted by Crippen LogP contribution is 2.40. The van der Waals surface area contributed by atoms with Crippen molar-refractivity contribution in [3.8, 4) is 5.69 Å². The highest BCUT2D eigenvalue weighted by molar-refractivity contribution is 6.33. The van der Waals surface area contributed by atoms with E-state index in [0.29, 0.717) is 30.1 Å². The van der Waals surface area contributed by atoms with Crippen LogP contribution in [0.5, 0.6) is 0 Å². The Morgan fingerprint density at radius 1 is 1.20 bits per heavy atom. The van der Waals surface area contributed by atoms with Gasteiger partial charge in [0.1, 0.15) is 0 Å². The van der Waals surface area contributed by atoms with Gasteiger partial charge in [-0.3, -0.25) is 4.79 Å². The maximum Gasteiger partial charge on any atom is 0.255 e. The lowest BCUT2D eigenvalue weighted by molar-refractivity contribution is -0.0886. The van der Waals surface area contributed by atoms with Crippen molar-refractivity contribution in [2.45, 2.75) is 37.7 Å². The maximum atomic E-state index is 13.1. The van der Waals surface area contributed by atoms with E-state index in [2.05, 4.69) is 0 Å². The summed E-state index contributed by atoms with van der Waals surface area (Å²) in [5.74, 6) is 0.150. The third kappa shape index (κ3) is 3.09. The summed E-state index contributed by atoms with van der Waals surface area (Å²) in [6.07, 6.45) is 8.64. The molecule has 4 rings (SSSR count). The zero-order valence-corrected chi connectivity index (χ0v) is 15.0. The van der Waals surface area contributed by atoms with Gasteiger partial charge in [-0.2, -0.15) is 0 Å². The first-order chi connectivity index (χ1) is 12.1. The molecule has 0 radical (unpaired) electrons. The largest absolute Gasteiger partial charge is 0.389 e. The first-order valence-electron chi connectivity index (χ1n) is 9.01. The smallest absolute Gasteiger partial charge is 0.255 e. The van der Waals surface area contributed by atoms with Gasteiger partial charge in [-0.25, -0.2) is 0 Å². The molecular weight excluding hydrogens is 336 g/mol. The highest BCUT2D eigenvalue weighted by Gasteiger charge is 2.43. The molecule has 4 nitrogen and oxygen atoms in total. The summed E-state index contributed by atoms with van der Waals surface area (Å²) in [5.41, 5.74) is 0.879. The van der Waals surface area contributed by atoms with Gasteiger partial charge in [0.05, 0.1) is 16.2 Å². The summed E-state index contributed by atoms with van der Waals surface area (Å²) in [6.45, 7) is 1.22. The number of likely N-dealkylation sites (tertiary alicyclic amines) is 1. The second-order valence-electron chi connectivity index (χ2n) is 7.30. The predicted octanol–water partition coefficient (Wildman–Crippen LogP) is 3.90. The van der Waals surface area contributed by atoms with E-state index in [1.807, 2.05) is 46.1 Å². The molecule has 2 atom stereocenters. The number of fused-ring (bicyclic) bond motifs is 1. The molecule has 5 heteroatoms. The van der Waals surface area contributed by atoms with Gasteiger partial charge in [-0.15, -0.1) is 0 Å². The van der Waals surface area contributed by atoms with E-state index < -0.39 is 5.60 Å². The Bertz CT molecular complexity index is 774. The third-order valence-electron chi connectivity index (χ3n) is 5.80. The number of hydrogen-bond acceptors (Lipinski definition) is 2. The van der Waals surface area contributed by atoms with Crippen molar-refractivity contribution in [1.82, 2.24) is 9.47 Å². The minimum Gasteiger partial charge on any atom is -0.389 e. The van der Waals surface area contributed by atoms with E-state index >= 15 is 0 Å². The van der Waals surface area contributed by atoms with Gasteiger partial charge in [0, 0.05) is 37.1 Å². The average Bonchev–Trinajstić information content (AvgIpc) is 3.15. The standard InChI is InChI=1S/C20H23ClN2O2/c21-18-7-6-16(22-10-3-4-11-22)13-17(18)19(24)23-12-9-20(25)8-2-1-5-15(20)14-23/h3-4,6-7,10-11,13,15,25H,1-2,5,8-9,12,14H2/t15-,20-/m0/s1. The van der Waals surface area contributed by atoms with E-state index in [1.54, 1.807) is 6.07 Å². The summed E-state index contributed by atoms with van der Waals surface area (Å²) in [7, 11) is 0. The fraction of sp³-hybridized carbons (Fsp3) is 0.450. The lowest BCUT2D eigenvalue weighted by Gasteiger charge is -2.47. The first kappa shape index (κ1) is 16.7. The molecular formula is C20H23ClN2O2. The molecule has 2 fully saturated rings. The number of benzene rings is 1. The second kappa shape index (κ2) is 6.50. The van der Waals surface area contributed by atoms with Crippen LogP contribution in [-0.2, 0) is 0 Å². The van der Waals surface area contributed by atoms with Gasteiger partial charge in [-0.05, 0) is 49.6 Å². The molecule has 132 valence electrons. The molecule has 1 aliphatic heterocycles. The van der Waals surface area contributed by atoms with Gasteiger partial charge in [-0.1, -0.05) is 24.4 Å². The Labute approximate surface area is 153 Å². The Morgan fingerprint density at radius 3 is 2.80 bits per heavy atom. The molecule has 0 unspecified atom stereocenters. The summed E-state index contributed by atoms with van der Waals surface area (Å²) < 4.78 is 1.96. The summed E-state index contributed by atoms with van der Waals surface area (Å²) >= 11 is 6.33. The Kier molecular flexibility index (Phi) is 4.34. The van der Waals surface area contributed by atoms with Crippen LogP contribution in [0.4, 0.5) is 0 Å². The number of aliphatic hydroxyl groups is 1. The van der Waals surface area contributed by atoms with E-state index in [1.165, 1.54) is 0 Å². The van der Waals surface area contributed by atoms with E-state index in [0.717, 1.165) is 31.4 Å². The van der Waals surface area contributed by atoms with E-state index in [9.17, 15) is 9.90 Å². The van der Waals surface area contributed by atoms with Crippen LogP contribution < -0.4 is 0 Å². The number of piperidine rings is 1. The quantitative estimate of drug-likeness (QED) is 0.885. The number of carbonyl (C=O) groups excluding carboxylic acids is 1. The van der Waals surface area contributed by atoms with Gasteiger partial charge >= 0.3 is 0 Å². The van der Waals surface area contributed by atoms with E-state index in [-0.39, 0.29) is 11.8 Å². The van der Waals surface area contributed by atoms with Crippen molar-refractivity contribution < 1.29 is 9.90 Å². The summed E-state index contributed by atoms with van der Waals surface area (Å²) in [6, 6.07) is 9.45. The van der Waals surface area contributed by atoms with Crippen molar-refractivity contribution >= 4 is 17.5 Å². The predicted molar refractivity (Wildman–Crippen MR) is 98.2 cm³/mol. The molecule has 2 aromatic rings. The maximum absolute atomic E-state index is 13.1. The normalized spacial score (nSPS) is 26.3. The number of rotatable bonds is 2. The molecule has 1 aliphatic carbocycles. The fourth-order valence-electron chi connectivity index (χ4n) is 4.27. The third-order valence-corrected chi connectivity index (χ3v) is 6.13. The Morgan fingerprint density at radius 2 is 2.00 bits per heavy atom. The Hall–Kier alpha value is -1.78. The number of amides is 1. The van der Waals surface area contributed by atoms with Crippen LogP contribution in [0.2, 0.25) is 5.02 Å². The molecule has 0 spiro atoms. The van der Waals surface area contributed by atoms with E-state index in [4.69, 9.17) is 11.6 Å². The topological polar surface area (TPSA) is 45.5 Å². The van der Waals surface area contributed by atoms with Crippen LogP contribution in [0.25, 0.3) is 5.69 Å². The molecule has 0 bridgehead atoms. The number of aromatic nitrogens is 1. The van der Waals surface area contributed by atoms with Crippen LogP contribution in [0.1, 0.15) is 42.5 Å². The minimum atomic E-state index is -0.578. The molecule has 2 heterocycles. The number of halogens is 1. The number of nitrogens with zero attached hydrogens (tertiary/aromatic N) is 2. The van der Waals surface area contributed by atoms with Crippen molar-refractivity contribution in [3.05, 3.63) is 53.3 Å². The summed E-state index contributed by atoms with van der Waals surface area (Å²) in [5, 5.41) is 11.3. The molecule has 2 aliphatic rings. The number of hydrogen-bond donors (Lipinski definition) is 1. The van der Waals surface area contributed by atoms with Gasteiger partial charge in [0.25, 0.3) is 5.91 Å². The monoisotopic (exact) mass is 358 g/mol. The average molecular weight is 359 g/mol. The summed E-state index contributed by atoms with van der Waals surface area (Å²) in [4.78, 5) is 14.9. The van der Waals surface area contributed by atoms with Crippen LogP contribution in [-0.4, -0.2) is 39.2 Å². The zero-order valence-electron chi connectivity index (χ0n) is 14.2. The SMILES string of the molecule is O=C(c1cc(-n2cccc2)ccc1Cl)N1CC[C@@]2(O)CCCC[C@H]2C1. The van der Waals surface area contributed by atoms with Crippen molar-refractivity contribution in [2.24, 2.45) is 5.92 Å². The Balaban J connectivity index is 1.58. The lowest BCUT2D eigenvalue weighted by Crippen LogP contribution is -2.54.